The van der Waals surface area contributed by atoms with Crippen molar-refractivity contribution in [1.82, 2.24) is 4.90 Å². The number of anilines is 1. The summed E-state index contributed by atoms with van der Waals surface area (Å²) in [6.45, 7) is 4.96. The van der Waals surface area contributed by atoms with Crippen molar-refractivity contribution in [3.8, 4) is 0 Å². The molecule has 2 N–H and O–H groups in total. The van der Waals surface area contributed by atoms with Crippen molar-refractivity contribution in [1.29, 1.82) is 0 Å². The number of nitrogens with one attached hydrogen (secondary N) is 1. The van der Waals surface area contributed by atoms with Gasteiger partial charge in [0.05, 0.1) is 5.56 Å². The minimum absolute atomic E-state index is 0.0198. The van der Waals surface area contributed by atoms with E-state index in [4.69, 9.17) is 5.11 Å². The van der Waals surface area contributed by atoms with E-state index < -0.39 is 11.8 Å². The van der Waals surface area contributed by atoms with Crippen molar-refractivity contribution in [3.63, 3.8) is 0 Å². The third kappa shape index (κ3) is 3.44. The molecule has 0 amide bonds. The zero-order chi connectivity index (χ0) is 13.8. The van der Waals surface area contributed by atoms with Crippen molar-refractivity contribution in [2.75, 3.05) is 25.0 Å². The van der Waals surface area contributed by atoms with Crippen molar-refractivity contribution < 1.29 is 14.3 Å². The van der Waals surface area contributed by atoms with E-state index in [0.29, 0.717) is 18.3 Å². The van der Waals surface area contributed by atoms with E-state index in [-0.39, 0.29) is 5.56 Å². The van der Waals surface area contributed by atoms with E-state index in [0.717, 1.165) is 19.2 Å². The Morgan fingerprint density at radius 3 is 2.79 bits per heavy atom. The number of aromatic carboxylic acids is 1. The summed E-state index contributed by atoms with van der Waals surface area (Å²) in [6.07, 6.45) is 2.45. The number of halogens is 1. The number of carbonyl (C=O) groups is 1. The third-order valence-corrected chi connectivity index (χ3v) is 3.56. The lowest BCUT2D eigenvalue weighted by Gasteiger charge is -2.24. The van der Waals surface area contributed by atoms with Gasteiger partial charge in [-0.25, -0.2) is 9.18 Å². The summed E-state index contributed by atoms with van der Waals surface area (Å²) >= 11 is 0. The monoisotopic (exact) mass is 266 g/mol. The van der Waals surface area contributed by atoms with Gasteiger partial charge in [-0.15, -0.1) is 0 Å². The van der Waals surface area contributed by atoms with Crippen LogP contribution in [-0.2, 0) is 0 Å². The zero-order valence-electron chi connectivity index (χ0n) is 11.0. The molecule has 5 heteroatoms. The molecule has 1 fully saturated rings. The highest BCUT2D eigenvalue weighted by Crippen LogP contribution is 2.18. The Kier molecular flexibility index (Phi) is 4.37. The first-order valence-corrected chi connectivity index (χ1v) is 6.58. The van der Waals surface area contributed by atoms with Crippen LogP contribution in [0.5, 0.6) is 0 Å². The predicted molar refractivity (Wildman–Crippen MR) is 72.1 cm³/mol. The highest BCUT2D eigenvalue weighted by Gasteiger charge is 2.18. The fraction of sp³-hybridized carbons (Fsp3) is 0.500. The normalized spacial score (nSPS) is 17.4. The molecular formula is C14H19FN2O2. The van der Waals surface area contributed by atoms with Gasteiger partial charge in [-0.2, -0.15) is 0 Å². The summed E-state index contributed by atoms with van der Waals surface area (Å²) in [4.78, 5) is 13.4. The second-order valence-corrected chi connectivity index (χ2v) is 4.97. The van der Waals surface area contributed by atoms with Gasteiger partial charge in [-0.3, -0.25) is 4.90 Å². The average Bonchev–Trinajstić information content (AvgIpc) is 2.90. The molecule has 1 heterocycles. The third-order valence-electron chi connectivity index (χ3n) is 3.56. The number of nitrogens with zero attached hydrogens (tertiary/aromatic N) is 1. The number of hydrogen-bond donors (Lipinski definition) is 2. The maximum Gasteiger partial charge on any atom is 0.337 e. The molecule has 0 aromatic heterocycles. The molecule has 104 valence electrons. The number of carboxylic acids is 1. The predicted octanol–water partition coefficient (Wildman–Crippen LogP) is 2.42. The fourth-order valence-corrected chi connectivity index (χ4v) is 2.42. The Hall–Kier alpha value is -1.62. The summed E-state index contributed by atoms with van der Waals surface area (Å²) in [5, 5.41) is 12.2. The molecule has 2 rings (SSSR count). The van der Waals surface area contributed by atoms with Crippen molar-refractivity contribution in [2.45, 2.75) is 25.8 Å². The first-order valence-electron chi connectivity index (χ1n) is 6.58. The number of carboxylic acid groups (broad SMARTS) is 1. The van der Waals surface area contributed by atoms with Gasteiger partial charge in [0.2, 0.25) is 0 Å². The van der Waals surface area contributed by atoms with Gasteiger partial charge in [0, 0.05) is 18.3 Å². The molecule has 0 bridgehead atoms. The van der Waals surface area contributed by atoms with Crippen LogP contribution in [0.3, 0.4) is 0 Å². The molecule has 4 nitrogen and oxygen atoms in total. The lowest BCUT2D eigenvalue weighted by molar-refractivity contribution is 0.0697. The highest BCUT2D eigenvalue weighted by atomic mass is 19.1. The van der Waals surface area contributed by atoms with Gasteiger partial charge in [-0.05, 0) is 51.1 Å². The minimum Gasteiger partial charge on any atom is -0.478 e. The zero-order valence-corrected chi connectivity index (χ0v) is 11.0. The van der Waals surface area contributed by atoms with Gasteiger partial charge in [-0.1, -0.05) is 0 Å². The fourth-order valence-electron chi connectivity index (χ4n) is 2.42. The van der Waals surface area contributed by atoms with Crippen LogP contribution < -0.4 is 5.32 Å². The topological polar surface area (TPSA) is 52.6 Å². The summed E-state index contributed by atoms with van der Waals surface area (Å²) in [6, 6.07) is 4.14. The maximum atomic E-state index is 13.1. The molecule has 0 saturated carbocycles. The molecule has 1 aromatic carbocycles. The van der Waals surface area contributed by atoms with Crippen LogP contribution in [0.2, 0.25) is 0 Å². The molecule has 0 radical (unpaired) electrons. The van der Waals surface area contributed by atoms with Crippen LogP contribution in [0, 0.1) is 5.82 Å². The van der Waals surface area contributed by atoms with E-state index in [2.05, 4.69) is 17.1 Å². The van der Waals surface area contributed by atoms with Crippen molar-refractivity contribution in [3.05, 3.63) is 29.6 Å². The Morgan fingerprint density at radius 1 is 1.47 bits per heavy atom. The molecule has 1 aliphatic rings. The van der Waals surface area contributed by atoms with E-state index >= 15 is 0 Å². The van der Waals surface area contributed by atoms with Crippen molar-refractivity contribution in [2.24, 2.45) is 0 Å². The van der Waals surface area contributed by atoms with Gasteiger partial charge < -0.3 is 10.4 Å². The summed E-state index contributed by atoms with van der Waals surface area (Å²) in [7, 11) is 0. The van der Waals surface area contributed by atoms with Crippen LogP contribution in [0.1, 0.15) is 30.1 Å². The average molecular weight is 266 g/mol. The van der Waals surface area contributed by atoms with E-state index in [9.17, 15) is 9.18 Å². The first kappa shape index (κ1) is 13.8. The van der Waals surface area contributed by atoms with Gasteiger partial charge in [0.15, 0.2) is 0 Å². The number of hydrogen-bond acceptors (Lipinski definition) is 3. The molecular weight excluding hydrogens is 247 g/mol. The van der Waals surface area contributed by atoms with Crippen LogP contribution in [0.4, 0.5) is 10.1 Å². The number of benzene rings is 1. The quantitative estimate of drug-likeness (QED) is 0.859. The number of likely N-dealkylation sites (tertiary alicyclic amines) is 1. The molecule has 1 aromatic rings. The second-order valence-electron chi connectivity index (χ2n) is 4.97. The molecule has 1 atom stereocenters. The van der Waals surface area contributed by atoms with Crippen molar-refractivity contribution >= 4 is 11.7 Å². The van der Waals surface area contributed by atoms with E-state index in [1.807, 2.05) is 0 Å². The Labute approximate surface area is 112 Å². The Balaban J connectivity index is 2.00. The van der Waals surface area contributed by atoms with E-state index in [1.54, 1.807) is 0 Å². The molecule has 1 saturated heterocycles. The minimum atomic E-state index is -1.11. The van der Waals surface area contributed by atoms with Crippen LogP contribution in [0.15, 0.2) is 18.2 Å². The SMILES string of the molecule is CC(CNc1ccc(F)cc1C(=O)O)N1CCCC1. The lowest BCUT2D eigenvalue weighted by atomic mass is 10.1. The molecule has 0 aliphatic carbocycles. The van der Waals surface area contributed by atoms with E-state index in [1.165, 1.54) is 25.0 Å². The van der Waals surface area contributed by atoms with Crippen LogP contribution >= 0.6 is 0 Å². The molecule has 1 unspecified atom stereocenters. The molecule has 1 aliphatic heterocycles. The summed E-state index contributed by atoms with van der Waals surface area (Å²) in [5.41, 5.74) is 0.452. The van der Waals surface area contributed by atoms with Gasteiger partial charge in [0.1, 0.15) is 5.82 Å². The summed E-state index contributed by atoms with van der Waals surface area (Å²) < 4.78 is 13.1. The van der Waals surface area contributed by atoms with Crippen LogP contribution in [0.25, 0.3) is 0 Å². The van der Waals surface area contributed by atoms with Gasteiger partial charge in [0.25, 0.3) is 0 Å². The largest absolute Gasteiger partial charge is 0.478 e. The smallest absolute Gasteiger partial charge is 0.337 e. The number of rotatable bonds is 5. The summed E-state index contributed by atoms with van der Waals surface area (Å²) in [5.74, 6) is -1.65. The maximum absolute atomic E-state index is 13.1. The highest BCUT2D eigenvalue weighted by molar-refractivity contribution is 5.94. The molecule has 19 heavy (non-hydrogen) atoms. The first-order chi connectivity index (χ1) is 9.08. The standard InChI is InChI=1S/C14H19FN2O2/c1-10(17-6-2-3-7-17)9-16-13-5-4-11(15)8-12(13)14(18)19/h4-5,8,10,16H,2-3,6-7,9H2,1H3,(H,18,19). The lowest BCUT2D eigenvalue weighted by Crippen LogP contribution is -2.35. The van der Waals surface area contributed by atoms with Crippen LogP contribution in [-0.4, -0.2) is 41.7 Å². The Bertz CT molecular complexity index is 459. The Morgan fingerprint density at radius 2 is 2.16 bits per heavy atom. The second kappa shape index (κ2) is 6.02. The van der Waals surface area contributed by atoms with Gasteiger partial charge >= 0.3 is 5.97 Å². The molecule has 0 spiro atoms.